The van der Waals surface area contributed by atoms with Crippen molar-refractivity contribution in [3.8, 4) is 5.75 Å². The van der Waals surface area contributed by atoms with Crippen LogP contribution in [-0.4, -0.2) is 18.9 Å². The molecule has 2 aromatic rings. The van der Waals surface area contributed by atoms with Crippen LogP contribution in [0.25, 0.3) is 0 Å². The molecule has 6 heteroatoms. The van der Waals surface area contributed by atoms with Gasteiger partial charge in [0.2, 0.25) is 0 Å². The summed E-state index contributed by atoms with van der Waals surface area (Å²) in [6, 6.07) is 10.4. The molecule has 19 heavy (non-hydrogen) atoms. The van der Waals surface area contributed by atoms with E-state index in [1.165, 1.54) is 18.4 Å². The molecule has 0 spiro atoms. The number of benzene rings is 1. The molecular formula is C13H12N2O3S. The number of amidine groups is 1. The lowest BCUT2D eigenvalue weighted by Gasteiger charge is -2.05. The summed E-state index contributed by atoms with van der Waals surface area (Å²) in [6.45, 7) is 0. The minimum atomic E-state index is -0.614. The van der Waals surface area contributed by atoms with Crippen LogP contribution in [0, 0.1) is 0 Å². The zero-order valence-corrected chi connectivity index (χ0v) is 11.0. The van der Waals surface area contributed by atoms with Crippen molar-refractivity contribution >= 4 is 23.1 Å². The first-order valence-corrected chi connectivity index (χ1v) is 6.32. The largest absolute Gasteiger partial charge is 0.496 e. The maximum atomic E-state index is 11.8. The van der Waals surface area contributed by atoms with Crippen LogP contribution in [0.4, 0.5) is 0 Å². The van der Waals surface area contributed by atoms with Crippen LogP contribution in [0.1, 0.15) is 15.2 Å². The molecule has 0 radical (unpaired) electrons. The van der Waals surface area contributed by atoms with E-state index in [0.717, 1.165) is 4.88 Å². The highest BCUT2D eigenvalue weighted by molar-refractivity contribution is 7.12. The molecule has 0 amide bonds. The van der Waals surface area contributed by atoms with Crippen molar-refractivity contribution in [3.05, 3.63) is 52.2 Å². The van der Waals surface area contributed by atoms with Gasteiger partial charge in [-0.05, 0) is 23.6 Å². The van der Waals surface area contributed by atoms with Crippen LogP contribution < -0.4 is 10.5 Å². The van der Waals surface area contributed by atoms with Gasteiger partial charge in [-0.1, -0.05) is 23.4 Å². The minimum Gasteiger partial charge on any atom is -0.496 e. The first-order chi connectivity index (χ1) is 9.22. The highest BCUT2D eigenvalue weighted by Crippen LogP contribution is 2.18. The molecule has 0 atom stereocenters. The van der Waals surface area contributed by atoms with E-state index in [0.29, 0.717) is 11.3 Å². The van der Waals surface area contributed by atoms with Crippen LogP contribution in [0.5, 0.6) is 5.75 Å². The van der Waals surface area contributed by atoms with E-state index in [1.807, 2.05) is 11.4 Å². The number of nitrogens with two attached hydrogens (primary N) is 1. The Balaban J connectivity index is 2.11. The molecule has 5 nitrogen and oxygen atoms in total. The van der Waals surface area contributed by atoms with E-state index >= 15 is 0 Å². The number of nitrogens with zero attached hydrogens (tertiary/aromatic N) is 1. The maximum Gasteiger partial charge on any atom is 0.369 e. The van der Waals surface area contributed by atoms with Crippen LogP contribution >= 0.6 is 11.3 Å². The topological polar surface area (TPSA) is 73.9 Å². The molecule has 0 fully saturated rings. The molecule has 0 aliphatic rings. The summed E-state index contributed by atoms with van der Waals surface area (Å²) in [5.41, 5.74) is 5.99. The van der Waals surface area contributed by atoms with Crippen molar-refractivity contribution in [1.29, 1.82) is 0 Å². The monoisotopic (exact) mass is 276 g/mol. The van der Waals surface area contributed by atoms with Crippen molar-refractivity contribution < 1.29 is 14.4 Å². The average Bonchev–Trinajstić information content (AvgIpc) is 2.98. The fraction of sp³-hybridized carbons (Fsp3) is 0.0769. The van der Waals surface area contributed by atoms with Crippen LogP contribution in [0.2, 0.25) is 0 Å². The summed E-state index contributed by atoms with van der Waals surface area (Å²) in [5.74, 6) is -0.0207. The highest BCUT2D eigenvalue weighted by atomic mass is 32.1. The Hall–Kier alpha value is -2.34. The third-order valence-electron chi connectivity index (χ3n) is 2.33. The molecule has 0 aliphatic carbocycles. The predicted octanol–water partition coefficient (Wildman–Crippen LogP) is 2.23. The summed E-state index contributed by atoms with van der Waals surface area (Å²) in [6.07, 6.45) is 0. The summed E-state index contributed by atoms with van der Waals surface area (Å²) in [5, 5.41) is 5.48. The molecule has 2 N–H and O–H groups in total. The van der Waals surface area contributed by atoms with Gasteiger partial charge in [-0.25, -0.2) is 4.79 Å². The van der Waals surface area contributed by atoms with Crippen molar-refractivity contribution in [2.75, 3.05) is 7.11 Å². The Morgan fingerprint density at radius 3 is 2.74 bits per heavy atom. The number of rotatable bonds is 4. The molecule has 1 aromatic carbocycles. The number of carbonyl (C=O) groups excluding carboxylic acids is 1. The summed E-state index contributed by atoms with van der Waals surface area (Å²) < 4.78 is 5.07. The second kappa shape index (κ2) is 6.01. The van der Waals surface area contributed by atoms with E-state index in [1.54, 1.807) is 30.3 Å². The van der Waals surface area contributed by atoms with Gasteiger partial charge in [0.1, 0.15) is 11.3 Å². The second-order valence-corrected chi connectivity index (χ2v) is 4.48. The Morgan fingerprint density at radius 1 is 1.26 bits per heavy atom. The van der Waals surface area contributed by atoms with Gasteiger partial charge in [0.25, 0.3) is 0 Å². The van der Waals surface area contributed by atoms with Gasteiger partial charge in [-0.3, -0.25) is 0 Å². The summed E-state index contributed by atoms with van der Waals surface area (Å²) in [7, 11) is 1.48. The molecule has 0 saturated heterocycles. The van der Waals surface area contributed by atoms with Crippen molar-refractivity contribution in [3.63, 3.8) is 0 Å². The van der Waals surface area contributed by atoms with Gasteiger partial charge in [0.05, 0.1) is 12.0 Å². The van der Waals surface area contributed by atoms with Gasteiger partial charge < -0.3 is 15.3 Å². The molecule has 98 valence electrons. The average molecular weight is 276 g/mol. The van der Waals surface area contributed by atoms with Gasteiger partial charge in [-0.2, -0.15) is 0 Å². The minimum absolute atomic E-state index is 0.165. The van der Waals surface area contributed by atoms with Crippen molar-refractivity contribution in [2.24, 2.45) is 10.9 Å². The maximum absolute atomic E-state index is 11.8. The number of methoxy groups -OCH3 is 1. The smallest absolute Gasteiger partial charge is 0.369 e. The van der Waals surface area contributed by atoms with E-state index < -0.39 is 5.97 Å². The van der Waals surface area contributed by atoms with E-state index in [4.69, 9.17) is 15.3 Å². The molecule has 1 heterocycles. The van der Waals surface area contributed by atoms with E-state index in [9.17, 15) is 4.79 Å². The predicted molar refractivity (Wildman–Crippen MR) is 73.5 cm³/mol. The van der Waals surface area contributed by atoms with E-state index in [-0.39, 0.29) is 5.84 Å². The number of para-hydroxylation sites is 1. The number of oxime groups is 1. The Kier molecular flexibility index (Phi) is 4.15. The lowest BCUT2D eigenvalue weighted by Crippen LogP contribution is -2.14. The standard InChI is InChI=1S/C13H12N2O3S/c1-17-10-6-3-2-5-9(10)13(16)18-15-12(14)11-7-4-8-19-11/h2-8H,1H3,(H2,14,15). The Bertz CT molecular complexity index is 594. The number of hydrogen-bond acceptors (Lipinski definition) is 5. The van der Waals surface area contributed by atoms with Crippen LogP contribution in [0.3, 0.4) is 0 Å². The zero-order chi connectivity index (χ0) is 13.7. The third-order valence-corrected chi connectivity index (χ3v) is 3.22. The Morgan fingerprint density at radius 2 is 2.05 bits per heavy atom. The Labute approximate surface area is 114 Å². The normalized spacial score (nSPS) is 11.1. The van der Waals surface area contributed by atoms with Gasteiger partial charge in [-0.15, -0.1) is 11.3 Å². The van der Waals surface area contributed by atoms with Gasteiger partial charge in [0, 0.05) is 0 Å². The number of ether oxygens (including phenoxy) is 1. The molecule has 0 unspecified atom stereocenters. The molecule has 0 aliphatic heterocycles. The molecule has 0 bridgehead atoms. The fourth-order valence-corrected chi connectivity index (χ4v) is 2.04. The quantitative estimate of drug-likeness (QED) is 0.402. The van der Waals surface area contributed by atoms with Gasteiger partial charge in [0.15, 0.2) is 5.84 Å². The molecule has 0 saturated carbocycles. The van der Waals surface area contributed by atoms with Crippen LogP contribution in [0.15, 0.2) is 46.9 Å². The lowest BCUT2D eigenvalue weighted by atomic mass is 10.2. The van der Waals surface area contributed by atoms with Gasteiger partial charge >= 0.3 is 5.97 Å². The highest BCUT2D eigenvalue weighted by Gasteiger charge is 2.13. The number of thiophene rings is 1. The zero-order valence-electron chi connectivity index (χ0n) is 10.2. The molecule has 1 aromatic heterocycles. The van der Waals surface area contributed by atoms with Crippen LogP contribution in [-0.2, 0) is 4.84 Å². The second-order valence-electron chi connectivity index (χ2n) is 3.53. The first kappa shape index (κ1) is 13.1. The molecular weight excluding hydrogens is 264 g/mol. The summed E-state index contributed by atoms with van der Waals surface area (Å²) >= 11 is 1.41. The molecule has 2 rings (SSSR count). The SMILES string of the molecule is COc1ccccc1C(=O)O/N=C(\N)c1cccs1. The summed E-state index contributed by atoms with van der Waals surface area (Å²) in [4.78, 5) is 17.4. The number of hydrogen-bond donors (Lipinski definition) is 1. The van der Waals surface area contributed by atoms with Crippen molar-refractivity contribution in [1.82, 2.24) is 0 Å². The number of carbonyl (C=O) groups is 1. The van der Waals surface area contributed by atoms with Crippen molar-refractivity contribution in [2.45, 2.75) is 0 Å². The fourth-order valence-electron chi connectivity index (χ4n) is 1.42. The van der Waals surface area contributed by atoms with E-state index in [2.05, 4.69) is 5.16 Å². The third kappa shape index (κ3) is 3.11. The first-order valence-electron chi connectivity index (χ1n) is 5.44. The lowest BCUT2D eigenvalue weighted by molar-refractivity contribution is 0.0512.